The van der Waals surface area contributed by atoms with Crippen molar-refractivity contribution in [2.24, 2.45) is 0 Å². The molecule has 0 spiro atoms. The lowest BCUT2D eigenvalue weighted by Gasteiger charge is -2.09. The Bertz CT molecular complexity index is 573. The van der Waals surface area contributed by atoms with E-state index in [-0.39, 0.29) is 10.8 Å². The number of hydrogen-bond donors (Lipinski definition) is 2. The van der Waals surface area contributed by atoms with Gasteiger partial charge < -0.3 is 11.1 Å². The minimum Gasteiger partial charge on any atom is -0.397 e. The topological polar surface area (TPSA) is 38.0 Å². The van der Waals surface area contributed by atoms with Crippen LogP contribution in [0.5, 0.6) is 0 Å². The van der Waals surface area contributed by atoms with Crippen LogP contribution in [0.1, 0.15) is 5.56 Å². The first kappa shape index (κ1) is 12.6. The highest BCUT2D eigenvalue weighted by atomic mass is 35.5. The van der Waals surface area contributed by atoms with Crippen molar-refractivity contribution < 1.29 is 8.78 Å². The van der Waals surface area contributed by atoms with Crippen molar-refractivity contribution in [1.82, 2.24) is 0 Å². The summed E-state index contributed by atoms with van der Waals surface area (Å²) in [7, 11) is 0. The van der Waals surface area contributed by atoms with Gasteiger partial charge >= 0.3 is 0 Å². The van der Waals surface area contributed by atoms with Crippen molar-refractivity contribution in [2.75, 3.05) is 11.1 Å². The highest BCUT2D eigenvalue weighted by molar-refractivity contribution is 6.30. The lowest BCUT2D eigenvalue weighted by Crippen LogP contribution is -2.03. The van der Waals surface area contributed by atoms with Crippen LogP contribution in [0.15, 0.2) is 36.4 Å². The fourth-order valence-electron chi connectivity index (χ4n) is 1.53. The van der Waals surface area contributed by atoms with Crippen LogP contribution in [-0.2, 0) is 6.54 Å². The van der Waals surface area contributed by atoms with Crippen LogP contribution in [0.3, 0.4) is 0 Å². The molecule has 0 heterocycles. The fraction of sp³-hybridized carbons (Fsp3) is 0.0769. The molecule has 2 aromatic carbocycles. The summed E-state index contributed by atoms with van der Waals surface area (Å²) in [5.41, 5.74) is 7.42. The molecule has 0 saturated carbocycles. The number of hydrogen-bond acceptors (Lipinski definition) is 2. The molecule has 0 aliphatic carbocycles. The van der Waals surface area contributed by atoms with Crippen LogP contribution in [-0.4, -0.2) is 0 Å². The number of benzene rings is 2. The molecule has 0 fully saturated rings. The molecule has 5 heteroatoms. The van der Waals surface area contributed by atoms with Gasteiger partial charge in [-0.1, -0.05) is 17.7 Å². The molecule has 0 saturated heterocycles. The largest absolute Gasteiger partial charge is 0.397 e. The Morgan fingerprint density at radius 3 is 2.61 bits per heavy atom. The number of anilines is 2. The first-order chi connectivity index (χ1) is 8.56. The zero-order valence-electron chi connectivity index (χ0n) is 9.38. The minimum absolute atomic E-state index is 0.0570. The summed E-state index contributed by atoms with van der Waals surface area (Å²) in [4.78, 5) is 0. The maximum absolute atomic E-state index is 13.0. The van der Waals surface area contributed by atoms with E-state index in [4.69, 9.17) is 17.3 Å². The monoisotopic (exact) mass is 268 g/mol. The molecule has 2 nitrogen and oxygen atoms in total. The number of halogens is 3. The van der Waals surface area contributed by atoms with Crippen LogP contribution in [0.25, 0.3) is 0 Å². The quantitative estimate of drug-likeness (QED) is 0.831. The molecule has 2 rings (SSSR count). The van der Waals surface area contributed by atoms with E-state index in [1.807, 2.05) is 0 Å². The van der Waals surface area contributed by atoms with E-state index in [2.05, 4.69) is 5.32 Å². The summed E-state index contributed by atoms with van der Waals surface area (Å²) in [5, 5.41) is 3.03. The van der Waals surface area contributed by atoms with E-state index in [0.29, 0.717) is 17.9 Å². The van der Waals surface area contributed by atoms with Gasteiger partial charge in [0.15, 0.2) is 0 Å². The lowest BCUT2D eigenvalue weighted by molar-refractivity contribution is 0.627. The second-order valence-electron chi connectivity index (χ2n) is 3.83. The standard InChI is InChI=1S/C13H11ClF2N2/c14-10-5-8(1-3-11(10)16)7-18-13-6-9(15)2-4-12(13)17/h1-6,18H,7,17H2. The maximum atomic E-state index is 13.0. The van der Waals surface area contributed by atoms with Gasteiger partial charge in [0.2, 0.25) is 0 Å². The van der Waals surface area contributed by atoms with Gasteiger partial charge in [-0.05, 0) is 35.9 Å². The Balaban J connectivity index is 2.11. The predicted molar refractivity (Wildman–Crippen MR) is 69.5 cm³/mol. The average Bonchev–Trinajstić information content (AvgIpc) is 2.34. The first-order valence-corrected chi connectivity index (χ1v) is 5.67. The third-order valence-electron chi connectivity index (χ3n) is 2.48. The highest BCUT2D eigenvalue weighted by Crippen LogP contribution is 2.21. The number of rotatable bonds is 3. The smallest absolute Gasteiger partial charge is 0.141 e. The van der Waals surface area contributed by atoms with Gasteiger partial charge in [0, 0.05) is 6.54 Å². The van der Waals surface area contributed by atoms with E-state index in [0.717, 1.165) is 5.56 Å². The molecule has 0 unspecified atom stereocenters. The molecule has 94 valence electrons. The van der Waals surface area contributed by atoms with Crippen molar-refractivity contribution in [1.29, 1.82) is 0 Å². The Hall–Kier alpha value is -1.81. The summed E-state index contributed by atoms with van der Waals surface area (Å²) in [6, 6.07) is 8.47. The van der Waals surface area contributed by atoms with E-state index >= 15 is 0 Å². The van der Waals surface area contributed by atoms with E-state index < -0.39 is 5.82 Å². The molecule has 0 aromatic heterocycles. The van der Waals surface area contributed by atoms with Crippen molar-refractivity contribution >= 4 is 23.0 Å². The van der Waals surface area contributed by atoms with Crippen molar-refractivity contribution in [3.8, 4) is 0 Å². The number of nitrogen functional groups attached to an aromatic ring is 1. The lowest BCUT2D eigenvalue weighted by atomic mass is 10.2. The fourth-order valence-corrected chi connectivity index (χ4v) is 1.73. The Morgan fingerprint density at radius 1 is 1.11 bits per heavy atom. The van der Waals surface area contributed by atoms with Gasteiger partial charge in [-0.3, -0.25) is 0 Å². The Morgan fingerprint density at radius 2 is 1.89 bits per heavy atom. The summed E-state index contributed by atoms with van der Waals surface area (Å²) >= 11 is 5.66. The highest BCUT2D eigenvalue weighted by Gasteiger charge is 2.03. The number of nitrogens with one attached hydrogen (secondary N) is 1. The molecule has 3 N–H and O–H groups in total. The van der Waals surface area contributed by atoms with Crippen molar-refractivity contribution in [2.45, 2.75) is 6.54 Å². The van der Waals surface area contributed by atoms with Gasteiger partial charge in [0.25, 0.3) is 0 Å². The molecular formula is C13H11ClF2N2. The molecule has 0 aliphatic rings. The molecule has 2 aromatic rings. The van der Waals surface area contributed by atoms with E-state index in [1.165, 1.54) is 30.3 Å². The zero-order chi connectivity index (χ0) is 13.1. The van der Waals surface area contributed by atoms with Crippen LogP contribution in [0, 0.1) is 11.6 Å². The molecule has 0 radical (unpaired) electrons. The Kier molecular flexibility index (Phi) is 3.67. The molecular weight excluding hydrogens is 258 g/mol. The zero-order valence-corrected chi connectivity index (χ0v) is 10.1. The van der Waals surface area contributed by atoms with Crippen molar-refractivity contribution in [3.05, 3.63) is 58.6 Å². The second kappa shape index (κ2) is 5.23. The summed E-state index contributed by atoms with van der Waals surface area (Å²) in [6.07, 6.45) is 0. The van der Waals surface area contributed by atoms with Gasteiger partial charge in [0.1, 0.15) is 11.6 Å². The van der Waals surface area contributed by atoms with Crippen LogP contribution in [0.4, 0.5) is 20.2 Å². The summed E-state index contributed by atoms with van der Waals surface area (Å²) < 4.78 is 26.0. The Labute approximate surface area is 108 Å². The van der Waals surface area contributed by atoms with Crippen LogP contribution >= 0.6 is 11.6 Å². The predicted octanol–water partition coefficient (Wildman–Crippen LogP) is 3.81. The van der Waals surface area contributed by atoms with Crippen LogP contribution in [0.2, 0.25) is 5.02 Å². The molecule has 0 amide bonds. The van der Waals surface area contributed by atoms with E-state index in [1.54, 1.807) is 6.07 Å². The van der Waals surface area contributed by atoms with Crippen molar-refractivity contribution in [3.63, 3.8) is 0 Å². The molecule has 18 heavy (non-hydrogen) atoms. The molecule has 0 bridgehead atoms. The first-order valence-electron chi connectivity index (χ1n) is 5.29. The third-order valence-corrected chi connectivity index (χ3v) is 2.77. The third kappa shape index (κ3) is 2.90. The van der Waals surface area contributed by atoms with Gasteiger partial charge in [-0.2, -0.15) is 0 Å². The maximum Gasteiger partial charge on any atom is 0.141 e. The SMILES string of the molecule is Nc1ccc(F)cc1NCc1ccc(F)c(Cl)c1. The second-order valence-corrected chi connectivity index (χ2v) is 4.24. The minimum atomic E-state index is -0.467. The average molecular weight is 269 g/mol. The number of nitrogens with two attached hydrogens (primary N) is 1. The normalized spacial score (nSPS) is 10.4. The van der Waals surface area contributed by atoms with E-state index in [9.17, 15) is 8.78 Å². The molecule has 0 aliphatic heterocycles. The van der Waals surface area contributed by atoms with Gasteiger partial charge in [-0.25, -0.2) is 8.78 Å². The van der Waals surface area contributed by atoms with Gasteiger partial charge in [0.05, 0.1) is 16.4 Å². The van der Waals surface area contributed by atoms with Crippen LogP contribution < -0.4 is 11.1 Å². The summed E-state index contributed by atoms with van der Waals surface area (Å²) in [5.74, 6) is -0.838. The summed E-state index contributed by atoms with van der Waals surface area (Å²) in [6.45, 7) is 0.383. The molecule has 0 atom stereocenters. The van der Waals surface area contributed by atoms with Gasteiger partial charge in [-0.15, -0.1) is 0 Å².